The Bertz CT molecular complexity index is 990. The van der Waals surface area contributed by atoms with E-state index < -0.39 is 23.2 Å². The molecule has 1 N–H and O–H groups in total. The minimum absolute atomic E-state index is 0.0751. The molecule has 1 saturated heterocycles. The molecule has 0 bridgehead atoms. The number of nitrogens with zero attached hydrogens (tertiary/aromatic N) is 3. The topological polar surface area (TPSA) is 103 Å². The summed E-state index contributed by atoms with van der Waals surface area (Å²) >= 11 is 0. The zero-order valence-electron chi connectivity index (χ0n) is 14.6. The zero-order chi connectivity index (χ0) is 19.0. The van der Waals surface area contributed by atoms with E-state index in [0.29, 0.717) is 11.4 Å². The van der Waals surface area contributed by atoms with Crippen LogP contribution in [0.25, 0.3) is 0 Å². The molecule has 0 spiro atoms. The molecule has 2 heterocycles. The van der Waals surface area contributed by atoms with Gasteiger partial charge in [-0.15, -0.1) is 0 Å². The molecule has 1 atom stereocenters. The fourth-order valence-electron chi connectivity index (χ4n) is 2.80. The van der Waals surface area contributed by atoms with Crippen LogP contribution in [0.15, 0.2) is 39.9 Å². The maximum absolute atomic E-state index is 12.7. The first-order chi connectivity index (χ1) is 12.3. The van der Waals surface area contributed by atoms with Crippen LogP contribution in [0, 0.1) is 0 Å². The Hall–Kier alpha value is -3.36. The lowest BCUT2D eigenvalue weighted by molar-refractivity contribution is -0.121. The first kappa shape index (κ1) is 17.5. The van der Waals surface area contributed by atoms with Crippen LogP contribution < -0.4 is 26.2 Å². The molecule has 1 unspecified atom stereocenters. The standard InChI is InChI=1S/C17H18N4O5/c1-19-13(9-14(22)20(2)17(19)25)18-12-8-15(23)21(16(12)24)10-4-6-11(26-3)7-5-10/h4-7,9,12,18H,8H2,1-3H3. The highest BCUT2D eigenvalue weighted by atomic mass is 16.5. The summed E-state index contributed by atoms with van der Waals surface area (Å²) in [5.41, 5.74) is -0.592. The van der Waals surface area contributed by atoms with Crippen LogP contribution >= 0.6 is 0 Å². The van der Waals surface area contributed by atoms with Crippen molar-refractivity contribution in [1.82, 2.24) is 9.13 Å². The predicted molar refractivity (Wildman–Crippen MR) is 94.4 cm³/mol. The predicted octanol–water partition coefficient (Wildman–Crippen LogP) is -0.163. The lowest BCUT2D eigenvalue weighted by Crippen LogP contribution is -2.40. The quantitative estimate of drug-likeness (QED) is 0.762. The van der Waals surface area contributed by atoms with E-state index in [4.69, 9.17) is 4.74 Å². The van der Waals surface area contributed by atoms with Crippen molar-refractivity contribution >= 4 is 23.3 Å². The van der Waals surface area contributed by atoms with Gasteiger partial charge < -0.3 is 10.1 Å². The second-order valence-electron chi connectivity index (χ2n) is 5.93. The number of methoxy groups -OCH3 is 1. The Balaban J connectivity index is 1.88. The van der Waals surface area contributed by atoms with Crippen molar-refractivity contribution in [2.75, 3.05) is 17.3 Å². The number of rotatable bonds is 4. The van der Waals surface area contributed by atoms with Gasteiger partial charge in [-0.25, -0.2) is 9.69 Å². The average molecular weight is 358 g/mol. The highest BCUT2D eigenvalue weighted by molar-refractivity contribution is 6.23. The Kier molecular flexibility index (Phi) is 4.37. The molecule has 0 saturated carbocycles. The summed E-state index contributed by atoms with van der Waals surface area (Å²) in [6, 6.07) is 6.90. The van der Waals surface area contributed by atoms with Crippen molar-refractivity contribution in [2.24, 2.45) is 14.1 Å². The van der Waals surface area contributed by atoms with Gasteiger partial charge in [-0.05, 0) is 24.3 Å². The lowest BCUT2D eigenvalue weighted by Gasteiger charge is -2.17. The van der Waals surface area contributed by atoms with Gasteiger partial charge in [0.05, 0.1) is 19.2 Å². The Morgan fingerprint density at radius 1 is 1.04 bits per heavy atom. The van der Waals surface area contributed by atoms with E-state index in [9.17, 15) is 19.2 Å². The number of nitrogens with one attached hydrogen (secondary N) is 1. The third-order valence-electron chi connectivity index (χ3n) is 4.33. The van der Waals surface area contributed by atoms with E-state index in [0.717, 1.165) is 9.47 Å². The number of carbonyl (C=O) groups excluding carboxylic acids is 2. The lowest BCUT2D eigenvalue weighted by atomic mass is 10.2. The molecule has 26 heavy (non-hydrogen) atoms. The van der Waals surface area contributed by atoms with Crippen molar-refractivity contribution in [3.8, 4) is 5.75 Å². The Labute approximate surface area is 148 Å². The molecule has 1 aromatic carbocycles. The molecule has 1 aromatic heterocycles. The molecule has 2 amide bonds. The van der Waals surface area contributed by atoms with Gasteiger partial charge in [0.1, 0.15) is 17.6 Å². The maximum Gasteiger partial charge on any atom is 0.332 e. The van der Waals surface area contributed by atoms with Crippen molar-refractivity contribution in [3.05, 3.63) is 51.2 Å². The van der Waals surface area contributed by atoms with Crippen LogP contribution in [0.4, 0.5) is 11.5 Å². The van der Waals surface area contributed by atoms with Crippen LogP contribution in [-0.2, 0) is 23.7 Å². The summed E-state index contributed by atoms with van der Waals surface area (Å²) in [6.07, 6.45) is -0.0751. The van der Waals surface area contributed by atoms with Gasteiger partial charge in [0, 0.05) is 20.2 Å². The van der Waals surface area contributed by atoms with Crippen LogP contribution in [0.1, 0.15) is 6.42 Å². The smallest absolute Gasteiger partial charge is 0.332 e. The summed E-state index contributed by atoms with van der Waals surface area (Å²) < 4.78 is 7.24. The highest BCUT2D eigenvalue weighted by Gasteiger charge is 2.39. The van der Waals surface area contributed by atoms with Crippen LogP contribution in [0.3, 0.4) is 0 Å². The number of hydrogen-bond donors (Lipinski definition) is 1. The maximum atomic E-state index is 12.7. The van der Waals surface area contributed by atoms with Crippen molar-refractivity contribution in [3.63, 3.8) is 0 Å². The van der Waals surface area contributed by atoms with Gasteiger partial charge in [-0.1, -0.05) is 0 Å². The average Bonchev–Trinajstić information content (AvgIpc) is 2.91. The number of carbonyl (C=O) groups is 2. The number of imide groups is 1. The van der Waals surface area contributed by atoms with Gasteiger partial charge in [0.2, 0.25) is 5.91 Å². The molecule has 9 nitrogen and oxygen atoms in total. The minimum Gasteiger partial charge on any atom is -0.497 e. The van der Waals surface area contributed by atoms with Gasteiger partial charge in [-0.2, -0.15) is 0 Å². The van der Waals surface area contributed by atoms with Crippen molar-refractivity contribution in [1.29, 1.82) is 0 Å². The fourth-order valence-corrected chi connectivity index (χ4v) is 2.80. The van der Waals surface area contributed by atoms with Crippen molar-refractivity contribution in [2.45, 2.75) is 12.5 Å². The molecule has 9 heteroatoms. The minimum atomic E-state index is -0.859. The van der Waals surface area contributed by atoms with Crippen LogP contribution in [-0.4, -0.2) is 34.1 Å². The molecule has 1 aliphatic heterocycles. The van der Waals surface area contributed by atoms with Crippen LogP contribution in [0.5, 0.6) is 5.75 Å². The summed E-state index contributed by atoms with van der Waals surface area (Å²) in [5, 5.41) is 2.83. The highest BCUT2D eigenvalue weighted by Crippen LogP contribution is 2.26. The summed E-state index contributed by atoms with van der Waals surface area (Å²) in [4.78, 5) is 49.9. The van der Waals surface area contributed by atoms with Gasteiger partial charge >= 0.3 is 5.69 Å². The number of hydrogen-bond acceptors (Lipinski definition) is 6. The Morgan fingerprint density at radius 3 is 2.31 bits per heavy atom. The van der Waals surface area contributed by atoms with E-state index in [-0.39, 0.29) is 18.1 Å². The third-order valence-corrected chi connectivity index (χ3v) is 4.33. The second-order valence-corrected chi connectivity index (χ2v) is 5.93. The van der Waals surface area contributed by atoms with E-state index in [2.05, 4.69) is 5.32 Å². The normalized spacial score (nSPS) is 16.9. The zero-order valence-corrected chi connectivity index (χ0v) is 14.6. The molecular formula is C17H18N4O5. The molecule has 3 rings (SSSR count). The number of benzene rings is 1. The summed E-state index contributed by atoms with van der Waals surface area (Å²) in [7, 11) is 4.37. The molecular weight excluding hydrogens is 340 g/mol. The monoisotopic (exact) mass is 358 g/mol. The number of ether oxygens (including phenoxy) is 1. The first-order valence-corrected chi connectivity index (χ1v) is 7.88. The molecule has 2 aromatic rings. The second kappa shape index (κ2) is 6.51. The molecule has 0 aliphatic carbocycles. The molecule has 136 valence electrons. The van der Waals surface area contributed by atoms with Crippen molar-refractivity contribution < 1.29 is 14.3 Å². The number of amides is 2. The van der Waals surface area contributed by atoms with E-state index in [1.165, 1.54) is 31.8 Å². The van der Waals surface area contributed by atoms with E-state index in [1.807, 2.05) is 0 Å². The fraction of sp³-hybridized carbons (Fsp3) is 0.294. The Morgan fingerprint density at radius 2 is 1.69 bits per heavy atom. The largest absolute Gasteiger partial charge is 0.497 e. The van der Waals surface area contributed by atoms with E-state index in [1.54, 1.807) is 24.3 Å². The molecule has 0 radical (unpaired) electrons. The third kappa shape index (κ3) is 2.87. The number of anilines is 2. The van der Waals surface area contributed by atoms with Gasteiger partial charge in [-0.3, -0.25) is 23.5 Å². The molecule has 1 fully saturated rings. The first-order valence-electron chi connectivity index (χ1n) is 7.88. The SMILES string of the molecule is COc1ccc(N2C(=O)CC(Nc3cc(=O)n(C)c(=O)n3C)C2=O)cc1. The summed E-state index contributed by atoms with van der Waals surface area (Å²) in [6.45, 7) is 0. The van der Waals surface area contributed by atoms with Gasteiger partial charge in [0.15, 0.2) is 0 Å². The summed E-state index contributed by atoms with van der Waals surface area (Å²) in [5.74, 6) is -0.0294. The molecule has 1 aliphatic rings. The van der Waals surface area contributed by atoms with Crippen LogP contribution in [0.2, 0.25) is 0 Å². The van der Waals surface area contributed by atoms with E-state index >= 15 is 0 Å². The number of aromatic nitrogens is 2. The van der Waals surface area contributed by atoms with Gasteiger partial charge in [0.25, 0.3) is 11.5 Å².